The van der Waals surface area contributed by atoms with Gasteiger partial charge in [0.15, 0.2) is 0 Å². The Bertz CT molecular complexity index is 504. The van der Waals surface area contributed by atoms with Crippen molar-refractivity contribution in [3.05, 3.63) is 53.6 Å². The van der Waals surface area contributed by atoms with Gasteiger partial charge in [0.1, 0.15) is 5.82 Å². The molecule has 1 heterocycles. The quantitative estimate of drug-likeness (QED) is 0.863. The van der Waals surface area contributed by atoms with E-state index in [4.69, 9.17) is 0 Å². The van der Waals surface area contributed by atoms with Crippen LogP contribution in [0.1, 0.15) is 11.1 Å². The largest absolute Gasteiger partial charge is 0.319 e. The summed E-state index contributed by atoms with van der Waals surface area (Å²) in [4.78, 5) is 0. The summed E-state index contributed by atoms with van der Waals surface area (Å²) in [5.41, 5.74) is 2.41. The van der Waals surface area contributed by atoms with Gasteiger partial charge >= 0.3 is 0 Å². The number of nitrogens with one attached hydrogen (secondary N) is 1. The monoisotopic (exact) mass is 261 g/mol. The predicted molar refractivity (Wildman–Crippen MR) is 74.4 cm³/mol. The molecule has 1 atom stereocenters. The average Bonchev–Trinajstić information content (AvgIpc) is 2.78. The maximum absolute atomic E-state index is 12.9. The van der Waals surface area contributed by atoms with Crippen molar-refractivity contribution in [1.82, 2.24) is 15.1 Å². The highest BCUT2D eigenvalue weighted by Crippen LogP contribution is 2.14. The molecule has 0 fully saturated rings. The van der Waals surface area contributed by atoms with E-state index in [0.717, 1.165) is 19.4 Å². The summed E-state index contributed by atoms with van der Waals surface area (Å²) >= 11 is 0. The number of hydrogen-bond acceptors (Lipinski definition) is 2. The lowest BCUT2D eigenvalue weighted by molar-refractivity contribution is 0.492. The lowest BCUT2D eigenvalue weighted by Crippen LogP contribution is -2.22. The highest BCUT2D eigenvalue weighted by Gasteiger charge is 2.11. The zero-order valence-corrected chi connectivity index (χ0v) is 11.4. The molecule has 0 amide bonds. The average molecular weight is 261 g/mol. The maximum Gasteiger partial charge on any atom is 0.123 e. The number of aryl methyl sites for hydroxylation is 1. The second kappa shape index (κ2) is 6.48. The minimum atomic E-state index is -0.179. The van der Waals surface area contributed by atoms with Gasteiger partial charge in [0.05, 0.1) is 6.20 Å². The highest BCUT2D eigenvalue weighted by molar-refractivity contribution is 5.17. The molecule has 0 aliphatic heterocycles. The van der Waals surface area contributed by atoms with Crippen LogP contribution in [0.5, 0.6) is 0 Å². The van der Waals surface area contributed by atoms with Crippen LogP contribution in [0.3, 0.4) is 0 Å². The molecular weight excluding hydrogens is 241 g/mol. The Hall–Kier alpha value is -1.68. The molecule has 0 radical (unpaired) electrons. The molecule has 1 aromatic heterocycles. The number of rotatable bonds is 6. The van der Waals surface area contributed by atoms with Gasteiger partial charge in [-0.1, -0.05) is 12.1 Å². The van der Waals surface area contributed by atoms with E-state index in [1.807, 2.05) is 43.3 Å². The van der Waals surface area contributed by atoms with E-state index < -0.39 is 0 Å². The summed E-state index contributed by atoms with van der Waals surface area (Å²) in [6.45, 7) is 0.937. The van der Waals surface area contributed by atoms with Crippen LogP contribution in [0.25, 0.3) is 0 Å². The first-order chi connectivity index (χ1) is 9.17. The van der Waals surface area contributed by atoms with Crippen molar-refractivity contribution in [3.8, 4) is 0 Å². The molecule has 3 nitrogen and oxygen atoms in total. The molecule has 0 bridgehead atoms. The molecule has 1 N–H and O–H groups in total. The van der Waals surface area contributed by atoms with Gasteiger partial charge in [-0.25, -0.2) is 4.39 Å². The molecule has 0 spiro atoms. The van der Waals surface area contributed by atoms with E-state index in [-0.39, 0.29) is 5.82 Å². The van der Waals surface area contributed by atoms with Gasteiger partial charge in [-0.3, -0.25) is 4.68 Å². The first kappa shape index (κ1) is 13.7. The van der Waals surface area contributed by atoms with E-state index in [1.165, 1.54) is 23.3 Å². The SMILES string of the molecule is CNCC(Cc1ccc(F)cc1)Cc1cnn(C)c1. The Balaban J connectivity index is 2.01. The van der Waals surface area contributed by atoms with Crippen LogP contribution in [-0.2, 0) is 19.9 Å². The molecular formula is C15H20FN3. The van der Waals surface area contributed by atoms with Crippen molar-refractivity contribution in [2.45, 2.75) is 12.8 Å². The van der Waals surface area contributed by atoms with E-state index >= 15 is 0 Å². The third-order valence-corrected chi connectivity index (χ3v) is 3.21. The van der Waals surface area contributed by atoms with Gasteiger partial charge in [0.2, 0.25) is 0 Å². The first-order valence-corrected chi connectivity index (χ1v) is 6.54. The third kappa shape index (κ3) is 4.17. The van der Waals surface area contributed by atoms with Crippen LogP contribution in [0.4, 0.5) is 4.39 Å². The number of nitrogens with zero attached hydrogens (tertiary/aromatic N) is 2. The van der Waals surface area contributed by atoms with E-state index in [9.17, 15) is 4.39 Å². The minimum Gasteiger partial charge on any atom is -0.319 e. The second-order valence-electron chi connectivity index (χ2n) is 4.98. The Kier molecular flexibility index (Phi) is 4.68. The highest BCUT2D eigenvalue weighted by atomic mass is 19.1. The van der Waals surface area contributed by atoms with Crippen LogP contribution in [0.15, 0.2) is 36.7 Å². The fourth-order valence-electron chi connectivity index (χ4n) is 2.37. The summed E-state index contributed by atoms with van der Waals surface area (Å²) in [5.74, 6) is 0.306. The molecule has 0 saturated carbocycles. The summed E-state index contributed by atoms with van der Waals surface area (Å²) in [6, 6.07) is 6.77. The first-order valence-electron chi connectivity index (χ1n) is 6.54. The maximum atomic E-state index is 12.9. The van der Waals surface area contributed by atoms with Crippen LogP contribution >= 0.6 is 0 Å². The molecule has 1 aromatic carbocycles. The molecule has 0 aliphatic rings. The van der Waals surface area contributed by atoms with E-state index in [2.05, 4.69) is 10.4 Å². The van der Waals surface area contributed by atoms with Crippen LogP contribution in [0, 0.1) is 11.7 Å². The second-order valence-corrected chi connectivity index (χ2v) is 4.98. The number of halogens is 1. The smallest absolute Gasteiger partial charge is 0.123 e. The number of benzene rings is 1. The van der Waals surface area contributed by atoms with Crippen LogP contribution in [0.2, 0.25) is 0 Å². The zero-order chi connectivity index (χ0) is 13.7. The summed E-state index contributed by atoms with van der Waals surface area (Å²) in [5, 5.41) is 7.42. The Labute approximate surface area is 113 Å². The van der Waals surface area contributed by atoms with Crippen molar-refractivity contribution in [1.29, 1.82) is 0 Å². The minimum absolute atomic E-state index is 0.179. The summed E-state index contributed by atoms with van der Waals surface area (Å²) < 4.78 is 14.7. The topological polar surface area (TPSA) is 29.9 Å². The van der Waals surface area contributed by atoms with Gasteiger partial charge in [-0.2, -0.15) is 5.10 Å². The number of hydrogen-bond donors (Lipinski definition) is 1. The lowest BCUT2D eigenvalue weighted by atomic mass is 9.93. The van der Waals surface area contributed by atoms with Gasteiger partial charge in [-0.05, 0) is 55.6 Å². The van der Waals surface area contributed by atoms with Gasteiger partial charge in [0.25, 0.3) is 0 Å². The predicted octanol–water partition coefficient (Wildman–Crippen LogP) is 2.18. The third-order valence-electron chi connectivity index (χ3n) is 3.21. The van der Waals surface area contributed by atoms with Gasteiger partial charge in [0, 0.05) is 13.2 Å². The van der Waals surface area contributed by atoms with E-state index in [1.54, 1.807) is 0 Å². The molecule has 19 heavy (non-hydrogen) atoms. The van der Waals surface area contributed by atoms with Gasteiger partial charge in [-0.15, -0.1) is 0 Å². The molecule has 0 aliphatic carbocycles. The summed E-state index contributed by atoms with van der Waals surface area (Å²) in [6.07, 6.45) is 5.88. The molecule has 2 rings (SSSR count). The van der Waals surface area contributed by atoms with Crippen molar-refractivity contribution in [2.75, 3.05) is 13.6 Å². The van der Waals surface area contributed by atoms with Crippen LogP contribution < -0.4 is 5.32 Å². The fraction of sp³-hybridized carbons (Fsp3) is 0.400. The van der Waals surface area contributed by atoms with Crippen molar-refractivity contribution in [2.24, 2.45) is 13.0 Å². The number of aromatic nitrogens is 2. The molecule has 0 saturated heterocycles. The summed E-state index contributed by atoms with van der Waals surface area (Å²) in [7, 11) is 3.89. The van der Waals surface area contributed by atoms with Crippen LogP contribution in [-0.4, -0.2) is 23.4 Å². The lowest BCUT2D eigenvalue weighted by Gasteiger charge is -2.15. The van der Waals surface area contributed by atoms with Crippen molar-refractivity contribution < 1.29 is 4.39 Å². The van der Waals surface area contributed by atoms with Crippen molar-refractivity contribution >= 4 is 0 Å². The Morgan fingerprint density at radius 1 is 1.21 bits per heavy atom. The molecule has 4 heteroatoms. The van der Waals surface area contributed by atoms with E-state index in [0.29, 0.717) is 5.92 Å². The standard InChI is InChI=1S/C15H20FN3/c1-17-9-13(8-14-10-18-19(2)11-14)7-12-3-5-15(16)6-4-12/h3-6,10-11,13,17H,7-9H2,1-2H3. The zero-order valence-electron chi connectivity index (χ0n) is 11.4. The van der Waals surface area contributed by atoms with Crippen molar-refractivity contribution in [3.63, 3.8) is 0 Å². The fourth-order valence-corrected chi connectivity index (χ4v) is 2.37. The molecule has 1 unspecified atom stereocenters. The normalized spacial score (nSPS) is 12.6. The molecule has 2 aromatic rings. The Morgan fingerprint density at radius 2 is 1.89 bits per heavy atom. The van der Waals surface area contributed by atoms with Gasteiger partial charge < -0.3 is 5.32 Å². The molecule has 102 valence electrons. The Morgan fingerprint density at radius 3 is 2.47 bits per heavy atom.